The van der Waals surface area contributed by atoms with E-state index in [2.05, 4.69) is 64.8 Å². The molecule has 3 heteroatoms. The van der Waals surface area contributed by atoms with E-state index in [1.54, 1.807) is 0 Å². The van der Waals surface area contributed by atoms with Gasteiger partial charge >= 0.3 is 0 Å². The Kier molecular flexibility index (Phi) is 7.52. The Morgan fingerprint density at radius 2 is 2.11 bits per heavy atom. The van der Waals surface area contributed by atoms with Crippen LogP contribution in [0.1, 0.15) is 38.1 Å². The van der Waals surface area contributed by atoms with Gasteiger partial charge in [-0.2, -0.15) is 0 Å². The highest BCUT2D eigenvalue weighted by molar-refractivity contribution is 9.09. The Morgan fingerprint density at radius 1 is 1.33 bits per heavy atom. The molecule has 0 aliphatic rings. The SMILES string of the molecule is CCCC(CBr)CN(CC)Cc1cccc(C)n1. The van der Waals surface area contributed by atoms with Crippen LogP contribution in [0.25, 0.3) is 0 Å². The molecule has 0 aromatic carbocycles. The first kappa shape index (κ1) is 15.6. The average Bonchev–Trinajstić information content (AvgIpc) is 2.37. The Bertz CT molecular complexity index is 341. The van der Waals surface area contributed by atoms with Gasteiger partial charge in [-0.1, -0.05) is 42.3 Å². The zero-order chi connectivity index (χ0) is 13.4. The quantitative estimate of drug-likeness (QED) is 0.674. The number of alkyl halides is 1. The van der Waals surface area contributed by atoms with Crippen molar-refractivity contribution < 1.29 is 0 Å². The minimum atomic E-state index is 0.750. The van der Waals surface area contributed by atoms with Crippen LogP contribution in [0.2, 0.25) is 0 Å². The first-order valence-corrected chi connectivity index (χ1v) is 8.02. The van der Waals surface area contributed by atoms with Crippen LogP contribution >= 0.6 is 15.9 Å². The van der Waals surface area contributed by atoms with E-state index in [1.165, 1.54) is 18.5 Å². The lowest BCUT2D eigenvalue weighted by molar-refractivity contribution is 0.234. The number of aromatic nitrogens is 1. The fraction of sp³-hybridized carbons (Fsp3) is 0.667. The molecule has 0 amide bonds. The molecule has 0 aliphatic heterocycles. The van der Waals surface area contributed by atoms with Crippen LogP contribution in [0, 0.1) is 12.8 Å². The third-order valence-corrected chi connectivity index (χ3v) is 4.13. The molecule has 1 atom stereocenters. The predicted octanol–water partition coefficient (Wildman–Crippen LogP) is 4.02. The zero-order valence-electron chi connectivity index (χ0n) is 11.8. The van der Waals surface area contributed by atoms with E-state index < -0.39 is 0 Å². The van der Waals surface area contributed by atoms with Crippen molar-refractivity contribution in [2.45, 2.75) is 40.2 Å². The lowest BCUT2D eigenvalue weighted by Crippen LogP contribution is -2.30. The predicted molar refractivity (Wildman–Crippen MR) is 82.1 cm³/mol. The van der Waals surface area contributed by atoms with Crippen LogP contribution in [-0.4, -0.2) is 28.3 Å². The third kappa shape index (κ3) is 5.49. The minimum Gasteiger partial charge on any atom is -0.297 e. The van der Waals surface area contributed by atoms with Crippen LogP contribution in [0.15, 0.2) is 18.2 Å². The number of rotatable bonds is 8. The normalized spacial score (nSPS) is 12.9. The molecule has 102 valence electrons. The van der Waals surface area contributed by atoms with Gasteiger partial charge in [0.05, 0.1) is 5.69 Å². The topological polar surface area (TPSA) is 16.1 Å². The monoisotopic (exact) mass is 312 g/mol. The summed E-state index contributed by atoms with van der Waals surface area (Å²) in [6.07, 6.45) is 2.56. The van der Waals surface area contributed by atoms with E-state index >= 15 is 0 Å². The Hall–Kier alpha value is -0.410. The van der Waals surface area contributed by atoms with Crippen LogP contribution in [0.5, 0.6) is 0 Å². The molecule has 0 saturated heterocycles. The van der Waals surface area contributed by atoms with Gasteiger partial charge in [-0.25, -0.2) is 0 Å². The maximum Gasteiger partial charge on any atom is 0.0547 e. The van der Waals surface area contributed by atoms with Gasteiger partial charge in [0.1, 0.15) is 0 Å². The van der Waals surface area contributed by atoms with Gasteiger partial charge in [0, 0.05) is 24.1 Å². The highest BCUT2D eigenvalue weighted by Crippen LogP contribution is 2.13. The van der Waals surface area contributed by atoms with Gasteiger partial charge in [-0.05, 0) is 37.9 Å². The second-order valence-electron chi connectivity index (χ2n) is 4.91. The summed E-state index contributed by atoms with van der Waals surface area (Å²) in [7, 11) is 0. The van der Waals surface area contributed by atoms with Gasteiger partial charge < -0.3 is 0 Å². The molecule has 0 fully saturated rings. The van der Waals surface area contributed by atoms with Crippen LogP contribution < -0.4 is 0 Å². The maximum atomic E-state index is 4.59. The summed E-state index contributed by atoms with van der Waals surface area (Å²) in [6.45, 7) is 9.75. The molecular weight excluding hydrogens is 288 g/mol. The third-order valence-electron chi connectivity index (χ3n) is 3.21. The molecule has 0 bridgehead atoms. The summed E-state index contributed by atoms with van der Waals surface area (Å²) in [4.78, 5) is 7.08. The van der Waals surface area contributed by atoms with Crippen LogP contribution in [-0.2, 0) is 6.54 Å². The highest BCUT2D eigenvalue weighted by atomic mass is 79.9. The highest BCUT2D eigenvalue weighted by Gasteiger charge is 2.12. The van der Waals surface area contributed by atoms with Gasteiger partial charge in [0.25, 0.3) is 0 Å². The standard InChI is InChI=1S/C15H25BrN2/c1-4-7-14(10-16)11-18(5-2)12-15-9-6-8-13(3)17-15/h6,8-9,14H,4-5,7,10-12H2,1-3H3. The van der Waals surface area contributed by atoms with Crippen molar-refractivity contribution in [3.63, 3.8) is 0 Å². The summed E-state index contributed by atoms with van der Waals surface area (Å²) >= 11 is 3.63. The summed E-state index contributed by atoms with van der Waals surface area (Å²) in [5.41, 5.74) is 2.29. The molecule has 0 radical (unpaired) electrons. The Morgan fingerprint density at radius 3 is 2.67 bits per heavy atom. The molecule has 18 heavy (non-hydrogen) atoms. The molecule has 0 saturated carbocycles. The number of nitrogens with zero attached hydrogens (tertiary/aromatic N) is 2. The molecule has 2 nitrogen and oxygen atoms in total. The first-order valence-electron chi connectivity index (χ1n) is 6.90. The van der Waals surface area contributed by atoms with Crippen molar-refractivity contribution in [3.05, 3.63) is 29.6 Å². The van der Waals surface area contributed by atoms with Gasteiger partial charge in [-0.3, -0.25) is 9.88 Å². The van der Waals surface area contributed by atoms with Crippen molar-refractivity contribution >= 4 is 15.9 Å². The maximum absolute atomic E-state index is 4.59. The lowest BCUT2D eigenvalue weighted by atomic mass is 10.1. The molecule has 1 aromatic rings. The van der Waals surface area contributed by atoms with E-state index in [9.17, 15) is 0 Å². The van der Waals surface area contributed by atoms with Crippen molar-refractivity contribution in [2.75, 3.05) is 18.4 Å². The second kappa shape index (κ2) is 8.65. The largest absolute Gasteiger partial charge is 0.297 e. The number of halogens is 1. The number of hydrogen-bond donors (Lipinski definition) is 0. The molecule has 1 rings (SSSR count). The van der Waals surface area contributed by atoms with E-state index in [0.717, 1.165) is 36.6 Å². The van der Waals surface area contributed by atoms with Gasteiger partial charge in [0.15, 0.2) is 0 Å². The first-order chi connectivity index (χ1) is 8.69. The van der Waals surface area contributed by atoms with Crippen molar-refractivity contribution in [1.82, 2.24) is 9.88 Å². The number of pyridine rings is 1. The Balaban J connectivity index is 2.55. The van der Waals surface area contributed by atoms with Crippen molar-refractivity contribution in [2.24, 2.45) is 5.92 Å². The van der Waals surface area contributed by atoms with Gasteiger partial charge in [-0.15, -0.1) is 0 Å². The summed E-state index contributed by atoms with van der Waals surface area (Å²) < 4.78 is 0. The molecular formula is C15H25BrN2. The summed E-state index contributed by atoms with van der Waals surface area (Å²) in [5, 5.41) is 1.10. The minimum absolute atomic E-state index is 0.750. The van der Waals surface area contributed by atoms with E-state index in [4.69, 9.17) is 0 Å². The smallest absolute Gasteiger partial charge is 0.0547 e. The van der Waals surface area contributed by atoms with Crippen molar-refractivity contribution in [3.8, 4) is 0 Å². The number of hydrogen-bond acceptors (Lipinski definition) is 2. The number of aryl methyl sites for hydroxylation is 1. The molecule has 0 aliphatic carbocycles. The molecule has 1 heterocycles. The van der Waals surface area contributed by atoms with E-state index in [0.29, 0.717) is 0 Å². The summed E-state index contributed by atoms with van der Waals surface area (Å²) in [6, 6.07) is 6.27. The van der Waals surface area contributed by atoms with Crippen molar-refractivity contribution in [1.29, 1.82) is 0 Å². The van der Waals surface area contributed by atoms with Crippen LogP contribution in [0.3, 0.4) is 0 Å². The zero-order valence-corrected chi connectivity index (χ0v) is 13.4. The van der Waals surface area contributed by atoms with E-state index in [1.807, 2.05) is 0 Å². The van der Waals surface area contributed by atoms with E-state index in [-0.39, 0.29) is 0 Å². The lowest BCUT2D eigenvalue weighted by Gasteiger charge is -2.25. The fourth-order valence-corrected chi connectivity index (χ4v) is 2.74. The average molecular weight is 313 g/mol. The fourth-order valence-electron chi connectivity index (χ4n) is 2.21. The Labute approximate surface area is 120 Å². The van der Waals surface area contributed by atoms with Crippen LogP contribution in [0.4, 0.5) is 0 Å². The molecule has 1 aromatic heterocycles. The molecule has 1 unspecified atom stereocenters. The second-order valence-corrected chi connectivity index (χ2v) is 5.55. The molecule has 0 N–H and O–H groups in total. The molecule has 0 spiro atoms. The summed E-state index contributed by atoms with van der Waals surface area (Å²) in [5.74, 6) is 0.750. The van der Waals surface area contributed by atoms with Gasteiger partial charge in [0.2, 0.25) is 0 Å².